The quantitative estimate of drug-likeness (QED) is 0.226. The Labute approximate surface area is 173 Å². The van der Waals surface area contributed by atoms with E-state index in [0.717, 1.165) is 0 Å². The van der Waals surface area contributed by atoms with Gasteiger partial charge in [0.2, 0.25) is 0 Å². The third-order valence-corrected chi connectivity index (χ3v) is 3.70. The fourth-order valence-corrected chi connectivity index (χ4v) is 1.64. The molecule has 21 heteroatoms. The number of carbonyl (C=O) groups excluding carboxylic acids is 1. The monoisotopic (exact) mass is 552 g/mol. The first kappa shape index (κ1) is 31.9. The summed E-state index contributed by atoms with van der Waals surface area (Å²) in [6.45, 7) is 2.82. The summed E-state index contributed by atoms with van der Waals surface area (Å²) in [6, 6.07) is 0. The molecule has 0 bridgehead atoms. The Morgan fingerprint density at radius 3 is 1.18 bits per heavy atom. The summed E-state index contributed by atoms with van der Waals surface area (Å²) in [5, 5.41) is 8.36. The molecule has 0 radical (unpaired) electrons. The van der Waals surface area contributed by atoms with Crippen LogP contribution >= 0.6 is 0 Å². The molecule has 0 aliphatic heterocycles. The SMILES string of the molecule is C=C(C)C(=O)OC(F)(F)C(F)(F)C(O)(F)C(F)(F)C(F)(F)C(F)(F)C(F)(F)C(F)(F)C(F)(F)F. The molecule has 0 spiro atoms. The van der Waals surface area contributed by atoms with Crippen LogP contribution in [0.25, 0.3) is 0 Å². The first-order chi connectivity index (χ1) is 14.3. The molecule has 0 aliphatic rings. The Hall–Kier alpha value is -2.09. The van der Waals surface area contributed by atoms with Crippen molar-refractivity contribution in [3.8, 4) is 0 Å². The molecule has 0 saturated carbocycles. The summed E-state index contributed by atoms with van der Waals surface area (Å²) in [7, 11) is 0. The maximum Gasteiger partial charge on any atom is 0.473 e. The van der Waals surface area contributed by atoms with Gasteiger partial charge in [-0.2, -0.15) is 79.0 Å². The van der Waals surface area contributed by atoms with Crippen molar-refractivity contribution in [1.82, 2.24) is 0 Å². The zero-order valence-corrected chi connectivity index (χ0v) is 15.3. The van der Waals surface area contributed by atoms with E-state index in [9.17, 15) is 83.8 Å². The summed E-state index contributed by atoms with van der Waals surface area (Å²) in [4.78, 5) is 10.8. The molecule has 0 fully saturated rings. The smallest absolute Gasteiger partial charge is 0.393 e. The van der Waals surface area contributed by atoms with Crippen LogP contribution < -0.4 is 0 Å². The van der Waals surface area contributed by atoms with Crippen molar-refractivity contribution in [1.29, 1.82) is 0 Å². The second-order valence-corrected chi connectivity index (χ2v) is 6.25. The van der Waals surface area contributed by atoms with Gasteiger partial charge < -0.3 is 9.84 Å². The van der Waals surface area contributed by atoms with Gasteiger partial charge in [0.05, 0.1) is 0 Å². The fourth-order valence-electron chi connectivity index (χ4n) is 1.64. The maximum atomic E-state index is 13.6. The number of alkyl halides is 18. The summed E-state index contributed by atoms with van der Waals surface area (Å²) >= 11 is 0. The lowest BCUT2D eigenvalue weighted by Crippen LogP contribution is -2.77. The normalized spacial score (nSPS) is 17.3. The number of esters is 1. The predicted molar refractivity (Wildman–Crippen MR) is 67.6 cm³/mol. The van der Waals surface area contributed by atoms with Gasteiger partial charge in [0.15, 0.2) is 0 Å². The van der Waals surface area contributed by atoms with Gasteiger partial charge in [-0.05, 0) is 6.92 Å². The zero-order valence-electron chi connectivity index (χ0n) is 15.3. The summed E-state index contributed by atoms with van der Waals surface area (Å²) < 4.78 is 237. The van der Waals surface area contributed by atoms with Crippen LogP contribution in [0.2, 0.25) is 0 Å². The van der Waals surface area contributed by atoms with Gasteiger partial charge in [0.1, 0.15) is 0 Å². The Bertz CT molecular complexity index is 808. The molecule has 0 aromatic carbocycles. The van der Waals surface area contributed by atoms with E-state index in [1.807, 2.05) is 0 Å². The molecule has 0 rings (SSSR count). The first-order valence-corrected chi connectivity index (χ1v) is 7.34. The largest absolute Gasteiger partial charge is 0.473 e. The van der Waals surface area contributed by atoms with Crippen molar-refractivity contribution in [2.75, 3.05) is 0 Å². The van der Waals surface area contributed by atoms with Crippen molar-refractivity contribution >= 4 is 5.97 Å². The fraction of sp³-hybridized carbons (Fsp3) is 0.769. The number of carbonyl (C=O) groups is 1. The van der Waals surface area contributed by atoms with Crippen LogP contribution in [0.15, 0.2) is 12.2 Å². The number of halogens is 18. The highest BCUT2D eigenvalue weighted by molar-refractivity contribution is 5.87. The molecular formula is C13H6F18O3. The van der Waals surface area contributed by atoms with E-state index in [4.69, 9.17) is 5.11 Å². The number of rotatable bonds is 9. The van der Waals surface area contributed by atoms with E-state index in [-0.39, 0.29) is 0 Å². The summed E-state index contributed by atoms with van der Waals surface area (Å²) in [5.41, 5.74) is -1.32. The Balaban J connectivity index is 6.88. The first-order valence-electron chi connectivity index (χ1n) is 7.34. The second-order valence-electron chi connectivity index (χ2n) is 6.25. The van der Waals surface area contributed by atoms with Gasteiger partial charge in [-0.15, -0.1) is 0 Å². The van der Waals surface area contributed by atoms with E-state index in [1.54, 1.807) is 0 Å². The highest BCUT2D eigenvalue weighted by atomic mass is 19.4. The minimum absolute atomic E-state index is 0.365. The van der Waals surface area contributed by atoms with E-state index >= 15 is 0 Å². The average molecular weight is 552 g/mol. The molecule has 3 nitrogen and oxygen atoms in total. The van der Waals surface area contributed by atoms with Gasteiger partial charge in [-0.1, -0.05) is 6.58 Å². The van der Waals surface area contributed by atoms with Crippen molar-refractivity contribution in [2.45, 2.75) is 60.6 Å². The van der Waals surface area contributed by atoms with Crippen molar-refractivity contribution in [2.24, 2.45) is 0 Å². The maximum absolute atomic E-state index is 13.6. The highest BCUT2D eigenvalue weighted by Gasteiger charge is 2.96. The highest BCUT2D eigenvalue weighted by Crippen LogP contribution is 2.64. The van der Waals surface area contributed by atoms with E-state index in [0.29, 0.717) is 6.92 Å². The Kier molecular flexibility index (Phi) is 7.48. The van der Waals surface area contributed by atoms with Gasteiger partial charge in [0, 0.05) is 5.57 Å². The average Bonchev–Trinajstić information content (AvgIpc) is 2.58. The minimum atomic E-state index is -8.90. The third-order valence-electron chi connectivity index (χ3n) is 3.70. The van der Waals surface area contributed by atoms with Crippen molar-refractivity contribution in [3.63, 3.8) is 0 Å². The van der Waals surface area contributed by atoms with E-state index in [1.165, 1.54) is 0 Å². The molecule has 1 unspecified atom stereocenters. The molecular weight excluding hydrogens is 546 g/mol. The van der Waals surface area contributed by atoms with Crippen molar-refractivity contribution in [3.05, 3.63) is 12.2 Å². The van der Waals surface area contributed by atoms with Gasteiger partial charge >= 0.3 is 59.6 Å². The second kappa shape index (κ2) is 7.97. The molecule has 0 heterocycles. The zero-order chi connectivity index (χ0) is 28.4. The van der Waals surface area contributed by atoms with E-state index < -0.39 is 65.2 Å². The van der Waals surface area contributed by atoms with Gasteiger partial charge in [-0.3, -0.25) is 0 Å². The molecule has 0 aliphatic carbocycles. The number of ether oxygens (including phenoxy) is 1. The molecule has 1 N–H and O–H groups in total. The lowest BCUT2D eigenvalue weighted by Gasteiger charge is -2.44. The summed E-state index contributed by atoms with van der Waals surface area (Å²) in [6.07, 6.45) is -15.1. The predicted octanol–water partition coefficient (Wildman–Crippen LogP) is 5.73. The number of hydrogen-bond acceptors (Lipinski definition) is 3. The summed E-state index contributed by atoms with van der Waals surface area (Å²) in [5.74, 6) is -62.5. The number of hydrogen-bond donors (Lipinski definition) is 1. The van der Waals surface area contributed by atoms with Crippen LogP contribution in [0.1, 0.15) is 6.92 Å². The van der Waals surface area contributed by atoms with Crippen LogP contribution in [0.3, 0.4) is 0 Å². The molecule has 202 valence electrons. The van der Waals surface area contributed by atoms with Crippen LogP contribution in [0.5, 0.6) is 0 Å². The number of aliphatic hydroxyl groups is 1. The van der Waals surface area contributed by atoms with Gasteiger partial charge in [0.25, 0.3) is 0 Å². The van der Waals surface area contributed by atoms with Crippen LogP contribution in [0, 0.1) is 0 Å². The van der Waals surface area contributed by atoms with Crippen LogP contribution in [-0.2, 0) is 9.53 Å². The Morgan fingerprint density at radius 1 is 0.588 bits per heavy atom. The van der Waals surface area contributed by atoms with Crippen LogP contribution in [0.4, 0.5) is 79.0 Å². The standard InChI is InChI=1S/C13H6F18O3/c1-3(2)4(32)34-13(30,31)10(24,25)11(26,33)8(20,21)6(16,17)5(14,15)7(18,19)9(22,23)12(27,28)29/h33H,1H2,2H3. The van der Waals surface area contributed by atoms with Gasteiger partial charge in [-0.25, -0.2) is 4.79 Å². The lowest BCUT2D eigenvalue weighted by atomic mass is 9.88. The Morgan fingerprint density at radius 2 is 0.882 bits per heavy atom. The topological polar surface area (TPSA) is 46.5 Å². The molecule has 0 amide bonds. The lowest BCUT2D eigenvalue weighted by molar-refractivity contribution is -0.489. The van der Waals surface area contributed by atoms with Crippen molar-refractivity contribution < 1.29 is 93.7 Å². The molecule has 1 atom stereocenters. The van der Waals surface area contributed by atoms with Crippen LogP contribution in [-0.4, -0.2) is 64.8 Å². The molecule has 0 aromatic heterocycles. The minimum Gasteiger partial charge on any atom is -0.393 e. The molecule has 0 saturated heterocycles. The molecule has 0 aromatic rings. The van der Waals surface area contributed by atoms with E-state index in [2.05, 4.69) is 11.3 Å². The third kappa shape index (κ3) is 4.01. The molecule has 34 heavy (non-hydrogen) atoms.